The van der Waals surface area contributed by atoms with E-state index >= 15 is 0 Å². The van der Waals surface area contributed by atoms with Gasteiger partial charge in [0.2, 0.25) is 0 Å². The number of ketones is 1. The zero-order valence-electron chi connectivity index (χ0n) is 18.5. The summed E-state index contributed by atoms with van der Waals surface area (Å²) < 4.78 is 25.7. The zero-order chi connectivity index (χ0) is 22.4. The first kappa shape index (κ1) is 22.7. The molecular weight excluding hydrogens is 391 g/mol. The molecule has 0 heterocycles. The smallest absolute Gasteiger partial charge is 0.165 e. The van der Waals surface area contributed by atoms with E-state index in [9.17, 15) is 9.18 Å². The summed E-state index contributed by atoms with van der Waals surface area (Å²) in [6, 6.07) is 21.6. The molecule has 0 bridgehead atoms. The molecule has 0 amide bonds. The lowest BCUT2D eigenvalue weighted by Gasteiger charge is -2.25. The predicted molar refractivity (Wildman–Crippen MR) is 121 cm³/mol. The fraction of sp³-hybridized carbons (Fsp3) is 0.296. The fourth-order valence-corrected chi connectivity index (χ4v) is 3.26. The van der Waals surface area contributed by atoms with Gasteiger partial charge in [0, 0.05) is 16.9 Å². The second-order valence-electron chi connectivity index (χ2n) is 8.65. The lowest BCUT2D eigenvalue weighted by atomic mass is 9.84. The van der Waals surface area contributed by atoms with Crippen LogP contribution in [0.1, 0.15) is 49.2 Å². The number of Topliss-reactive ketones (excluding diaryl/α,β-unsaturated/α-hetero) is 1. The maximum Gasteiger partial charge on any atom is 0.165 e. The van der Waals surface area contributed by atoms with Crippen LogP contribution in [0.2, 0.25) is 0 Å². The van der Waals surface area contributed by atoms with Gasteiger partial charge in [-0.1, -0.05) is 76.2 Å². The molecule has 4 heteroatoms. The molecule has 3 aromatic carbocycles. The van der Waals surface area contributed by atoms with Crippen LogP contribution in [-0.2, 0) is 16.8 Å². The summed E-state index contributed by atoms with van der Waals surface area (Å²) in [5, 5.41) is 0. The zero-order valence-corrected chi connectivity index (χ0v) is 18.5. The van der Waals surface area contributed by atoms with Gasteiger partial charge in [-0.05, 0) is 35.4 Å². The van der Waals surface area contributed by atoms with Crippen LogP contribution in [0.5, 0.6) is 11.5 Å². The number of rotatable bonds is 9. The summed E-state index contributed by atoms with van der Waals surface area (Å²) in [5.74, 6) is 0.472. The summed E-state index contributed by atoms with van der Waals surface area (Å²) in [6.45, 7) is 8.83. The maximum atomic E-state index is 14.1. The van der Waals surface area contributed by atoms with E-state index in [0.29, 0.717) is 19.0 Å². The fourth-order valence-electron chi connectivity index (χ4n) is 3.26. The van der Waals surface area contributed by atoms with Gasteiger partial charge in [0.05, 0.1) is 13.2 Å². The third-order valence-electron chi connectivity index (χ3n) is 5.17. The van der Waals surface area contributed by atoms with Gasteiger partial charge < -0.3 is 9.47 Å². The second kappa shape index (κ2) is 9.88. The minimum Gasteiger partial charge on any atom is -0.454 e. The van der Waals surface area contributed by atoms with E-state index in [1.165, 1.54) is 6.07 Å². The Morgan fingerprint density at radius 2 is 1.65 bits per heavy atom. The summed E-state index contributed by atoms with van der Waals surface area (Å²) in [6.07, 6.45) is 0. The first-order valence-corrected chi connectivity index (χ1v) is 10.5. The van der Waals surface area contributed by atoms with Crippen molar-refractivity contribution >= 4 is 5.78 Å². The van der Waals surface area contributed by atoms with Gasteiger partial charge >= 0.3 is 0 Å². The standard InChI is InChI=1S/C27H29FO3/c1-19(2)26(29)21-11-13-22(14-12-21)27(3,4)18-30-17-20-10-15-24(28)25(16-20)31-23-8-6-5-7-9-23/h5-16,19H,17-18H2,1-4H3. The summed E-state index contributed by atoms with van der Waals surface area (Å²) in [5.41, 5.74) is 2.43. The average molecular weight is 421 g/mol. The molecule has 0 saturated heterocycles. The lowest BCUT2D eigenvalue weighted by molar-refractivity contribution is 0.0823. The van der Waals surface area contributed by atoms with Crippen LogP contribution in [-0.4, -0.2) is 12.4 Å². The molecule has 0 radical (unpaired) electrons. The van der Waals surface area contributed by atoms with Gasteiger partial charge in [-0.2, -0.15) is 0 Å². The molecule has 0 fully saturated rings. The van der Waals surface area contributed by atoms with Crippen LogP contribution in [0.4, 0.5) is 4.39 Å². The van der Waals surface area contributed by atoms with Crippen molar-refractivity contribution < 1.29 is 18.7 Å². The van der Waals surface area contributed by atoms with Gasteiger partial charge in [0.1, 0.15) is 5.75 Å². The van der Waals surface area contributed by atoms with Crippen molar-refractivity contribution in [2.75, 3.05) is 6.61 Å². The second-order valence-corrected chi connectivity index (χ2v) is 8.65. The molecule has 3 rings (SSSR count). The quantitative estimate of drug-likeness (QED) is 0.351. The van der Waals surface area contributed by atoms with Crippen molar-refractivity contribution in [2.24, 2.45) is 5.92 Å². The van der Waals surface area contributed by atoms with E-state index in [-0.39, 0.29) is 22.9 Å². The number of carbonyl (C=O) groups excluding carboxylic acids is 1. The Bertz CT molecular complexity index is 1010. The molecule has 31 heavy (non-hydrogen) atoms. The van der Waals surface area contributed by atoms with Crippen LogP contribution in [0.25, 0.3) is 0 Å². The number of benzene rings is 3. The highest BCUT2D eigenvalue weighted by molar-refractivity contribution is 5.97. The molecule has 0 aliphatic heterocycles. The molecule has 0 unspecified atom stereocenters. The van der Waals surface area contributed by atoms with E-state index in [4.69, 9.17) is 9.47 Å². The molecule has 0 N–H and O–H groups in total. The Labute approximate surface area is 183 Å². The summed E-state index contributed by atoms with van der Waals surface area (Å²) in [4.78, 5) is 12.1. The third kappa shape index (κ3) is 6.02. The molecule has 3 aromatic rings. The normalized spacial score (nSPS) is 11.5. The number of carbonyl (C=O) groups is 1. The van der Waals surface area contributed by atoms with Crippen LogP contribution in [0.15, 0.2) is 72.8 Å². The first-order valence-electron chi connectivity index (χ1n) is 10.5. The average Bonchev–Trinajstić information content (AvgIpc) is 2.76. The van der Waals surface area contributed by atoms with Gasteiger partial charge in [-0.15, -0.1) is 0 Å². The monoisotopic (exact) mass is 420 g/mol. The lowest BCUT2D eigenvalue weighted by Crippen LogP contribution is -2.24. The predicted octanol–water partition coefficient (Wildman–Crippen LogP) is 6.95. The Hall–Kier alpha value is -2.98. The van der Waals surface area contributed by atoms with Crippen molar-refractivity contribution in [3.8, 4) is 11.5 Å². The van der Waals surface area contributed by atoms with E-state index in [2.05, 4.69) is 13.8 Å². The topological polar surface area (TPSA) is 35.5 Å². The SMILES string of the molecule is CC(C)C(=O)c1ccc(C(C)(C)COCc2ccc(F)c(Oc3ccccc3)c2)cc1. The maximum absolute atomic E-state index is 14.1. The van der Waals surface area contributed by atoms with Crippen LogP contribution >= 0.6 is 0 Å². The number of para-hydroxylation sites is 1. The molecular formula is C27H29FO3. The highest BCUT2D eigenvalue weighted by atomic mass is 19.1. The van der Waals surface area contributed by atoms with Gasteiger partial charge in [0.25, 0.3) is 0 Å². The number of halogens is 1. The van der Waals surface area contributed by atoms with Crippen molar-refractivity contribution in [2.45, 2.75) is 39.7 Å². The largest absolute Gasteiger partial charge is 0.454 e. The molecule has 0 saturated carbocycles. The van der Waals surface area contributed by atoms with Crippen molar-refractivity contribution in [1.29, 1.82) is 0 Å². The Morgan fingerprint density at radius 3 is 2.29 bits per heavy atom. The molecule has 0 spiro atoms. The van der Waals surface area contributed by atoms with Crippen LogP contribution < -0.4 is 4.74 Å². The summed E-state index contributed by atoms with van der Waals surface area (Å²) >= 11 is 0. The Kier molecular flexibility index (Phi) is 7.24. The highest BCUT2D eigenvalue weighted by Gasteiger charge is 2.22. The van der Waals surface area contributed by atoms with E-state index in [0.717, 1.165) is 16.7 Å². The number of hydrogen-bond acceptors (Lipinski definition) is 3. The number of ether oxygens (including phenoxy) is 2. The minimum absolute atomic E-state index is 0.0198. The van der Waals surface area contributed by atoms with E-state index in [1.54, 1.807) is 24.3 Å². The van der Waals surface area contributed by atoms with Gasteiger partial charge in [-0.3, -0.25) is 4.79 Å². The van der Waals surface area contributed by atoms with Crippen LogP contribution in [0.3, 0.4) is 0 Å². The van der Waals surface area contributed by atoms with Crippen molar-refractivity contribution in [3.05, 3.63) is 95.3 Å². The highest BCUT2D eigenvalue weighted by Crippen LogP contribution is 2.27. The van der Waals surface area contributed by atoms with Crippen molar-refractivity contribution in [3.63, 3.8) is 0 Å². The first-order chi connectivity index (χ1) is 14.8. The van der Waals surface area contributed by atoms with Crippen molar-refractivity contribution in [1.82, 2.24) is 0 Å². The molecule has 0 aromatic heterocycles. The Balaban J connectivity index is 1.61. The molecule has 0 aliphatic carbocycles. The minimum atomic E-state index is -0.413. The van der Waals surface area contributed by atoms with Gasteiger partial charge in [0.15, 0.2) is 17.3 Å². The molecule has 3 nitrogen and oxygen atoms in total. The summed E-state index contributed by atoms with van der Waals surface area (Å²) in [7, 11) is 0. The van der Waals surface area contributed by atoms with Crippen LogP contribution in [0, 0.1) is 11.7 Å². The molecule has 162 valence electrons. The molecule has 0 aliphatic rings. The molecule has 0 atom stereocenters. The third-order valence-corrected chi connectivity index (χ3v) is 5.17. The van der Waals surface area contributed by atoms with Gasteiger partial charge in [-0.25, -0.2) is 4.39 Å². The van der Waals surface area contributed by atoms with E-state index in [1.807, 2.05) is 56.3 Å². The van der Waals surface area contributed by atoms with E-state index < -0.39 is 5.82 Å². The Morgan fingerprint density at radius 1 is 0.968 bits per heavy atom. The number of hydrogen-bond donors (Lipinski definition) is 0.